The highest BCUT2D eigenvalue weighted by atomic mass is 16.4. The molecule has 0 aromatic rings. The fourth-order valence-electron chi connectivity index (χ4n) is 2.99. The molecule has 0 radical (unpaired) electrons. The summed E-state index contributed by atoms with van der Waals surface area (Å²) in [6.45, 7) is 2.85. The number of likely N-dealkylation sites (tertiary alicyclic amines) is 1. The van der Waals surface area contributed by atoms with Gasteiger partial charge < -0.3 is 15.1 Å². The van der Waals surface area contributed by atoms with Crippen LogP contribution in [0.25, 0.3) is 0 Å². The zero-order chi connectivity index (χ0) is 13.3. The third-order valence-corrected chi connectivity index (χ3v) is 4.30. The lowest BCUT2D eigenvalue weighted by Crippen LogP contribution is -2.48. The first kappa shape index (κ1) is 13.3. The van der Waals surface area contributed by atoms with Crippen molar-refractivity contribution in [3.05, 3.63) is 0 Å². The van der Waals surface area contributed by atoms with Crippen molar-refractivity contribution in [3.8, 4) is 0 Å². The molecule has 102 valence electrons. The minimum Gasteiger partial charge on any atom is -0.481 e. The first-order chi connectivity index (χ1) is 8.41. The van der Waals surface area contributed by atoms with Crippen LogP contribution in [0.1, 0.15) is 39.0 Å². The van der Waals surface area contributed by atoms with Gasteiger partial charge in [0.25, 0.3) is 0 Å². The van der Waals surface area contributed by atoms with E-state index < -0.39 is 17.5 Å². The van der Waals surface area contributed by atoms with E-state index in [-0.39, 0.29) is 11.8 Å². The molecule has 0 aromatic heterocycles. The highest BCUT2D eigenvalue weighted by molar-refractivity contribution is 5.85. The van der Waals surface area contributed by atoms with Crippen LogP contribution in [-0.4, -0.2) is 45.7 Å². The smallest absolute Gasteiger partial charge is 0.307 e. The van der Waals surface area contributed by atoms with Crippen molar-refractivity contribution in [1.29, 1.82) is 0 Å². The number of hydrogen-bond acceptors (Lipinski definition) is 3. The van der Waals surface area contributed by atoms with Gasteiger partial charge in [-0.2, -0.15) is 0 Å². The number of hydrogen-bond donors (Lipinski definition) is 2. The summed E-state index contributed by atoms with van der Waals surface area (Å²) >= 11 is 0. The first-order valence-corrected chi connectivity index (χ1v) is 6.65. The van der Waals surface area contributed by atoms with Gasteiger partial charge in [-0.25, -0.2) is 0 Å². The first-order valence-electron chi connectivity index (χ1n) is 6.65. The molecule has 1 aliphatic carbocycles. The Kier molecular flexibility index (Phi) is 3.61. The van der Waals surface area contributed by atoms with Crippen molar-refractivity contribution in [2.75, 3.05) is 13.1 Å². The van der Waals surface area contributed by atoms with E-state index in [1.54, 1.807) is 11.8 Å². The van der Waals surface area contributed by atoms with Crippen molar-refractivity contribution in [3.63, 3.8) is 0 Å². The Balaban J connectivity index is 1.97. The van der Waals surface area contributed by atoms with Crippen LogP contribution in [0.3, 0.4) is 0 Å². The molecule has 2 fully saturated rings. The molecular formula is C13H21NO4. The Morgan fingerprint density at radius 2 is 1.72 bits per heavy atom. The molecule has 2 N–H and O–H groups in total. The third kappa shape index (κ3) is 2.66. The molecule has 0 unspecified atom stereocenters. The lowest BCUT2D eigenvalue weighted by atomic mass is 9.90. The monoisotopic (exact) mass is 255 g/mol. The highest BCUT2D eigenvalue weighted by Gasteiger charge is 2.41. The average molecular weight is 255 g/mol. The lowest BCUT2D eigenvalue weighted by molar-refractivity contribution is -0.150. The summed E-state index contributed by atoms with van der Waals surface area (Å²) < 4.78 is 0. The van der Waals surface area contributed by atoms with Crippen molar-refractivity contribution < 1.29 is 19.8 Å². The molecule has 1 aliphatic heterocycles. The molecule has 1 saturated heterocycles. The topological polar surface area (TPSA) is 77.8 Å². The van der Waals surface area contributed by atoms with Crippen LogP contribution in [0.5, 0.6) is 0 Å². The van der Waals surface area contributed by atoms with Crippen molar-refractivity contribution in [2.45, 2.75) is 44.6 Å². The largest absolute Gasteiger partial charge is 0.481 e. The van der Waals surface area contributed by atoms with Crippen LogP contribution in [0, 0.1) is 11.8 Å². The van der Waals surface area contributed by atoms with Gasteiger partial charge in [0.05, 0.1) is 17.4 Å². The van der Waals surface area contributed by atoms with Crippen LogP contribution < -0.4 is 0 Å². The molecule has 0 aromatic carbocycles. The molecule has 5 heteroatoms. The van der Waals surface area contributed by atoms with Crippen LogP contribution in [0.15, 0.2) is 0 Å². The number of carbonyl (C=O) groups excluding carboxylic acids is 1. The molecule has 5 nitrogen and oxygen atoms in total. The van der Waals surface area contributed by atoms with E-state index in [1.807, 2.05) is 0 Å². The van der Waals surface area contributed by atoms with Gasteiger partial charge in [-0.05, 0) is 32.6 Å². The summed E-state index contributed by atoms with van der Waals surface area (Å²) in [5.41, 5.74) is -0.682. The minimum absolute atomic E-state index is 0.0320. The number of nitrogens with zero attached hydrogens (tertiary/aromatic N) is 1. The van der Waals surface area contributed by atoms with Crippen molar-refractivity contribution in [2.24, 2.45) is 11.8 Å². The van der Waals surface area contributed by atoms with Crippen LogP contribution in [-0.2, 0) is 9.59 Å². The maximum absolute atomic E-state index is 12.3. The fourth-order valence-corrected chi connectivity index (χ4v) is 2.99. The predicted molar refractivity (Wildman–Crippen MR) is 64.9 cm³/mol. The summed E-state index contributed by atoms with van der Waals surface area (Å²) in [4.78, 5) is 25.1. The van der Waals surface area contributed by atoms with E-state index in [0.29, 0.717) is 38.8 Å². The van der Waals surface area contributed by atoms with Gasteiger partial charge in [0.1, 0.15) is 0 Å². The zero-order valence-corrected chi connectivity index (χ0v) is 10.8. The van der Waals surface area contributed by atoms with Gasteiger partial charge >= 0.3 is 5.97 Å². The number of carboxylic acids is 1. The third-order valence-electron chi connectivity index (χ3n) is 4.30. The van der Waals surface area contributed by atoms with Crippen molar-refractivity contribution in [1.82, 2.24) is 4.90 Å². The summed E-state index contributed by atoms with van der Waals surface area (Å²) in [6.07, 6.45) is 3.26. The van der Waals surface area contributed by atoms with E-state index >= 15 is 0 Å². The summed E-state index contributed by atoms with van der Waals surface area (Å²) in [5, 5.41) is 19.0. The molecule has 2 aliphatic rings. The van der Waals surface area contributed by atoms with Gasteiger partial charge in [0.2, 0.25) is 5.91 Å². The zero-order valence-electron chi connectivity index (χ0n) is 10.8. The quantitative estimate of drug-likeness (QED) is 0.767. The normalized spacial score (nSPS) is 31.3. The van der Waals surface area contributed by atoms with Gasteiger partial charge in [-0.15, -0.1) is 0 Å². The van der Waals surface area contributed by atoms with Gasteiger partial charge in [0.15, 0.2) is 0 Å². The van der Waals surface area contributed by atoms with Crippen LogP contribution in [0.2, 0.25) is 0 Å². The molecule has 1 amide bonds. The highest BCUT2D eigenvalue weighted by Crippen LogP contribution is 2.34. The Morgan fingerprint density at radius 3 is 2.28 bits per heavy atom. The molecule has 2 rings (SSSR count). The maximum atomic E-state index is 12.3. The second-order valence-corrected chi connectivity index (χ2v) is 5.80. The van der Waals surface area contributed by atoms with Crippen LogP contribution in [0.4, 0.5) is 0 Å². The van der Waals surface area contributed by atoms with Crippen molar-refractivity contribution >= 4 is 11.9 Å². The van der Waals surface area contributed by atoms with E-state index in [9.17, 15) is 14.7 Å². The van der Waals surface area contributed by atoms with Gasteiger partial charge in [-0.1, -0.05) is 6.42 Å². The molecular weight excluding hydrogens is 234 g/mol. The Morgan fingerprint density at radius 1 is 1.17 bits per heavy atom. The molecule has 1 heterocycles. The summed E-state index contributed by atoms with van der Waals surface area (Å²) in [6, 6.07) is 0. The van der Waals surface area contributed by atoms with E-state index in [4.69, 9.17) is 5.11 Å². The van der Waals surface area contributed by atoms with E-state index in [0.717, 1.165) is 6.42 Å². The number of carboxylic acid groups (broad SMARTS) is 1. The maximum Gasteiger partial charge on any atom is 0.307 e. The SMILES string of the molecule is CC1(O)CCN(C(=O)[C@@H]2CCC[C@@H]2C(=O)O)CC1. The Labute approximate surface area is 107 Å². The fraction of sp³-hybridized carbons (Fsp3) is 0.846. The standard InChI is InChI=1S/C13H21NO4/c1-13(18)5-7-14(8-6-13)11(15)9-3-2-4-10(9)12(16)17/h9-10,18H,2-8H2,1H3,(H,16,17)/t9-,10+/m1/s1. The molecule has 0 bridgehead atoms. The number of aliphatic hydroxyl groups is 1. The molecule has 18 heavy (non-hydrogen) atoms. The predicted octanol–water partition coefficient (Wildman–Crippen LogP) is 0.861. The Hall–Kier alpha value is -1.10. The van der Waals surface area contributed by atoms with Crippen LogP contribution >= 0.6 is 0 Å². The summed E-state index contributed by atoms with van der Waals surface area (Å²) in [5.74, 6) is -1.75. The number of carbonyl (C=O) groups is 2. The number of piperidine rings is 1. The second kappa shape index (κ2) is 4.88. The van der Waals surface area contributed by atoms with E-state index in [2.05, 4.69) is 0 Å². The molecule has 1 saturated carbocycles. The van der Waals surface area contributed by atoms with Gasteiger partial charge in [0, 0.05) is 13.1 Å². The average Bonchev–Trinajstić information content (AvgIpc) is 2.77. The molecule has 0 spiro atoms. The minimum atomic E-state index is -0.852. The van der Waals surface area contributed by atoms with E-state index in [1.165, 1.54) is 0 Å². The van der Waals surface area contributed by atoms with Gasteiger partial charge in [-0.3, -0.25) is 9.59 Å². The number of rotatable bonds is 2. The lowest BCUT2D eigenvalue weighted by Gasteiger charge is -2.37. The number of amides is 1. The molecule has 2 atom stereocenters. The summed E-state index contributed by atoms with van der Waals surface area (Å²) in [7, 11) is 0. The Bertz CT molecular complexity index is 343. The second-order valence-electron chi connectivity index (χ2n) is 5.80. The number of aliphatic carboxylic acids is 1.